The molecule has 0 atom stereocenters. The second-order valence-electron chi connectivity index (χ2n) is 3.71. The summed E-state index contributed by atoms with van der Waals surface area (Å²) < 4.78 is 13.1. The van der Waals surface area contributed by atoms with Crippen molar-refractivity contribution in [1.29, 1.82) is 0 Å². The van der Waals surface area contributed by atoms with Crippen LogP contribution < -0.4 is 0 Å². The zero-order chi connectivity index (χ0) is 11.3. The summed E-state index contributed by atoms with van der Waals surface area (Å²) in [6, 6.07) is 9.40. The minimum Gasteiger partial charge on any atom is -0.289 e. The Hall–Kier alpha value is -1.67. The highest BCUT2D eigenvalue weighted by molar-refractivity contribution is 6.32. The van der Waals surface area contributed by atoms with Crippen molar-refractivity contribution in [1.82, 2.24) is 0 Å². The van der Waals surface area contributed by atoms with Crippen molar-refractivity contribution in [2.45, 2.75) is 0 Å². The predicted octanol–water partition coefficient (Wildman–Crippen LogP) is 3.69. The summed E-state index contributed by atoms with van der Waals surface area (Å²) in [5.74, 6) is -0.557. The summed E-state index contributed by atoms with van der Waals surface area (Å²) in [4.78, 5) is 12.0. The van der Waals surface area contributed by atoms with E-state index in [1.807, 2.05) is 0 Å². The van der Waals surface area contributed by atoms with Gasteiger partial charge < -0.3 is 0 Å². The predicted molar refractivity (Wildman–Crippen MR) is 60.3 cm³/mol. The van der Waals surface area contributed by atoms with E-state index in [2.05, 4.69) is 0 Å². The molecule has 0 radical (unpaired) electrons. The first-order valence-corrected chi connectivity index (χ1v) is 5.19. The molecule has 0 spiro atoms. The van der Waals surface area contributed by atoms with E-state index < -0.39 is 5.82 Å². The summed E-state index contributed by atoms with van der Waals surface area (Å²) in [5.41, 5.74) is 2.56. The number of rotatable bonds is 0. The topological polar surface area (TPSA) is 17.1 Å². The third-order valence-corrected chi connectivity index (χ3v) is 2.98. The van der Waals surface area contributed by atoms with E-state index >= 15 is 0 Å². The highest BCUT2D eigenvalue weighted by atomic mass is 35.5. The molecule has 2 aromatic rings. The summed E-state index contributed by atoms with van der Waals surface area (Å²) in [6.07, 6.45) is 0. The number of carbonyl (C=O) groups is 1. The van der Waals surface area contributed by atoms with E-state index in [0.717, 1.165) is 11.1 Å². The fraction of sp³-hybridized carbons (Fsp3) is 0. The molecule has 3 rings (SSSR count). The molecule has 0 amide bonds. The van der Waals surface area contributed by atoms with Gasteiger partial charge in [-0.3, -0.25) is 4.79 Å². The van der Waals surface area contributed by atoms with E-state index in [1.165, 1.54) is 12.1 Å². The van der Waals surface area contributed by atoms with Crippen molar-refractivity contribution in [3.8, 4) is 11.1 Å². The van der Waals surface area contributed by atoms with Crippen molar-refractivity contribution >= 4 is 17.4 Å². The Morgan fingerprint density at radius 3 is 2.25 bits per heavy atom. The van der Waals surface area contributed by atoms with Crippen LogP contribution in [-0.4, -0.2) is 5.78 Å². The lowest BCUT2D eigenvalue weighted by atomic mass is 10.1. The van der Waals surface area contributed by atoms with Crippen molar-refractivity contribution < 1.29 is 9.18 Å². The second kappa shape index (κ2) is 3.16. The molecule has 3 heteroatoms. The molecule has 78 valence electrons. The molecule has 0 unspecified atom stereocenters. The Kier molecular flexibility index (Phi) is 1.88. The molecule has 0 fully saturated rings. The number of halogens is 2. The van der Waals surface area contributed by atoms with Crippen LogP contribution in [-0.2, 0) is 0 Å². The number of hydrogen-bond acceptors (Lipinski definition) is 1. The van der Waals surface area contributed by atoms with Gasteiger partial charge in [0.25, 0.3) is 0 Å². The SMILES string of the molecule is O=C1c2cc(F)ccc2-c2ccc(Cl)cc21. The monoisotopic (exact) mass is 232 g/mol. The Morgan fingerprint density at radius 1 is 0.875 bits per heavy atom. The Balaban J connectivity index is 2.34. The molecule has 0 saturated carbocycles. The van der Waals surface area contributed by atoms with Crippen LogP contribution in [0, 0.1) is 5.82 Å². The van der Waals surface area contributed by atoms with E-state index in [-0.39, 0.29) is 5.78 Å². The molecule has 0 aromatic heterocycles. The molecule has 2 aromatic carbocycles. The molecule has 1 aliphatic rings. The maximum atomic E-state index is 13.1. The molecule has 16 heavy (non-hydrogen) atoms. The van der Waals surface area contributed by atoms with Gasteiger partial charge in [-0.1, -0.05) is 23.7 Å². The molecule has 0 aliphatic heterocycles. The lowest BCUT2D eigenvalue weighted by molar-refractivity contribution is 0.104. The van der Waals surface area contributed by atoms with E-state index in [9.17, 15) is 9.18 Å². The molecule has 0 heterocycles. The molecule has 0 bridgehead atoms. The standard InChI is InChI=1S/C13H6ClFO/c14-7-1-3-9-10-4-2-8(15)6-12(10)13(16)11(9)5-7/h1-6H. The summed E-state index contributed by atoms with van der Waals surface area (Å²) in [7, 11) is 0. The fourth-order valence-corrected chi connectivity index (χ4v) is 2.20. The highest BCUT2D eigenvalue weighted by Gasteiger charge is 2.26. The molecule has 1 nitrogen and oxygen atoms in total. The largest absolute Gasteiger partial charge is 0.289 e. The normalized spacial score (nSPS) is 12.5. The number of ketones is 1. The summed E-state index contributed by atoms with van der Waals surface area (Å²) >= 11 is 5.84. The van der Waals surface area contributed by atoms with Crippen molar-refractivity contribution in [3.63, 3.8) is 0 Å². The minimum atomic E-state index is -0.397. The van der Waals surface area contributed by atoms with Gasteiger partial charge in [0.1, 0.15) is 5.82 Å². The smallest absolute Gasteiger partial charge is 0.194 e. The van der Waals surface area contributed by atoms with Crippen LogP contribution in [0.5, 0.6) is 0 Å². The highest BCUT2D eigenvalue weighted by Crippen LogP contribution is 2.37. The summed E-state index contributed by atoms with van der Waals surface area (Å²) in [6.45, 7) is 0. The summed E-state index contributed by atoms with van der Waals surface area (Å²) in [5, 5.41) is 0.514. The van der Waals surface area contributed by atoms with Gasteiger partial charge in [-0.25, -0.2) is 4.39 Å². The Bertz CT molecular complexity index is 566. The maximum Gasteiger partial charge on any atom is 0.194 e. The van der Waals surface area contributed by atoms with Crippen LogP contribution in [0.15, 0.2) is 36.4 Å². The van der Waals surface area contributed by atoms with Gasteiger partial charge in [-0.05, 0) is 35.4 Å². The maximum absolute atomic E-state index is 13.1. The van der Waals surface area contributed by atoms with Crippen LogP contribution in [0.3, 0.4) is 0 Å². The first-order valence-electron chi connectivity index (χ1n) is 4.81. The zero-order valence-electron chi connectivity index (χ0n) is 8.13. The van der Waals surface area contributed by atoms with Gasteiger partial charge in [0.05, 0.1) is 0 Å². The second-order valence-corrected chi connectivity index (χ2v) is 4.15. The van der Waals surface area contributed by atoms with Crippen molar-refractivity contribution in [2.24, 2.45) is 0 Å². The Labute approximate surface area is 96.5 Å². The van der Waals surface area contributed by atoms with Crippen LogP contribution in [0.2, 0.25) is 5.02 Å². The molecular formula is C13H6ClFO. The van der Waals surface area contributed by atoms with Crippen LogP contribution in [0.25, 0.3) is 11.1 Å². The fourth-order valence-electron chi connectivity index (χ4n) is 2.02. The average molecular weight is 233 g/mol. The molecule has 0 saturated heterocycles. The molecule has 1 aliphatic carbocycles. The average Bonchev–Trinajstić information content (AvgIpc) is 2.53. The van der Waals surface area contributed by atoms with Crippen LogP contribution >= 0.6 is 11.6 Å². The number of carbonyl (C=O) groups excluding carboxylic acids is 1. The van der Waals surface area contributed by atoms with Gasteiger partial charge >= 0.3 is 0 Å². The van der Waals surface area contributed by atoms with Gasteiger partial charge in [0.2, 0.25) is 0 Å². The third-order valence-electron chi connectivity index (χ3n) is 2.74. The lowest BCUT2D eigenvalue weighted by Gasteiger charge is -1.99. The van der Waals surface area contributed by atoms with Crippen molar-refractivity contribution in [2.75, 3.05) is 0 Å². The molecular weight excluding hydrogens is 227 g/mol. The van der Waals surface area contributed by atoms with E-state index in [0.29, 0.717) is 16.1 Å². The minimum absolute atomic E-state index is 0.160. The number of hydrogen-bond donors (Lipinski definition) is 0. The van der Waals surface area contributed by atoms with Crippen LogP contribution in [0.4, 0.5) is 4.39 Å². The van der Waals surface area contributed by atoms with Gasteiger partial charge in [-0.2, -0.15) is 0 Å². The van der Waals surface area contributed by atoms with Gasteiger partial charge in [0, 0.05) is 16.1 Å². The first-order chi connectivity index (χ1) is 7.66. The van der Waals surface area contributed by atoms with E-state index in [1.54, 1.807) is 24.3 Å². The van der Waals surface area contributed by atoms with Crippen LogP contribution in [0.1, 0.15) is 15.9 Å². The third kappa shape index (κ3) is 1.20. The van der Waals surface area contributed by atoms with Gasteiger partial charge in [-0.15, -0.1) is 0 Å². The number of fused-ring (bicyclic) bond motifs is 3. The lowest BCUT2D eigenvalue weighted by Crippen LogP contribution is -1.95. The number of benzene rings is 2. The Morgan fingerprint density at radius 2 is 1.50 bits per heavy atom. The zero-order valence-corrected chi connectivity index (χ0v) is 8.88. The van der Waals surface area contributed by atoms with Crippen molar-refractivity contribution in [3.05, 3.63) is 58.4 Å². The van der Waals surface area contributed by atoms with Gasteiger partial charge in [0.15, 0.2) is 5.78 Å². The first kappa shape index (κ1) is 9.55. The molecule has 0 N–H and O–H groups in total. The van der Waals surface area contributed by atoms with E-state index in [4.69, 9.17) is 11.6 Å². The quantitative estimate of drug-likeness (QED) is 0.578.